The van der Waals surface area contributed by atoms with Crippen molar-refractivity contribution in [2.45, 2.75) is 23.5 Å². The Balaban J connectivity index is 5.12. The van der Waals surface area contributed by atoms with Gasteiger partial charge in [-0.1, -0.05) is 3.89 Å². The van der Waals surface area contributed by atoms with Crippen LogP contribution >= 0.6 is 0 Å². The van der Waals surface area contributed by atoms with Crippen molar-refractivity contribution in [2.75, 3.05) is 6.61 Å². The highest BCUT2D eigenvalue weighted by atomic mass is 32.3. The summed E-state index contributed by atoms with van der Waals surface area (Å²) in [7, 11) is -7.30. The first kappa shape index (κ1) is 18.2. The summed E-state index contributed by atoms with van der Waals surface area (Å²) in [6, 6.07) is 0. The molecule has 0 saturated carbocycles. The second-order valence-corrected chi connectivity index (χ2v) is 4.35. The van der Waals surface area contributed by atoms with Crippen molar-refractivity contribution in [1.29, 1.82) is 0 Å². The van der Waals surface area contributed by atoms with Crippen molar-refractivity contribution in [2.24, 2.45) is 0 Å². The van der Waals surface area contributed by atoms with E-state index in [1.807, 2.05) is 0 Å². The van der Waals surface area contributed by atoms with Crippen molar-refractivity contribution < 1.29 is 56.6 Å². The molecule has 0 aliphatic carbocycles. The van der Waals surface area contributed by atoms with E-state index in [0.717, 1.165) is 0 Å². The minimum absolute atomic E-state index is 2.24. The molecule has 0 aliphatic rings. The molecule has 0 unspecified atom stereocenters. The molecular formula is C5H2F10O3S. The van der Waals surface area contributed by atoms with Crippen LogP contribution < -0.4 is 0 Å². The Kier molecular flexibility index (Phi) is 4.45. The quantitative estimate of drug-likeness (QED) is 0.574. The van der Waals surface area contributed by atoms with Gasteiger partial charge in [-0.15, -0.1) is 0 Å². The molecule has 0 heterocycles. The lowest BCUT2D eigenvalue weighted by atomic mass is 10.3. The van der Waals surface area contributed by atoms with E-state index < -0.39 is 40.3 Å². The molecule has 0 saturated heterocycles. The zero-order chi connectivity index (χ0) is 15.9. The van der Waals surface area contributed by atoms with Crippen LogP contribution in [0.2, 0.25) is 0 Å². The van der Waals surface area contributed by atoms with Crippen molar-refractivity contribution in [3.05, 3.63) is 0 Å². The Morgan fingerprint density at radius 2 is 1.21 bits per heavy atom. The van der Waals surface area contributed by atoms with Gasteiger partial charge in [0.05, 0.1) is 0 Å². The predicted molar refractivity (Wildman–Crippen MR) is 36.9 cm³/mol. The van der Waals surface area contributed by atoms with Crippen LogP contribution in [0.1, 0.15) is 0 Å². The average molecular weight is 332 g/mol. The number of halogens is 10. The van der Waals surface area contributed by atoms with Gasteiger partial charge in [0.15, 0.2) is 0 Å². The van der Waals surface area contributed by atoms with Gasteiger partial charge in [0.25, 0.3) is 0 Å². The van der Waals surface area contributed by atoms with E-state index in [0.29, 0.717) is 0 Å². The molecule has 3 nitrogen and oxygen atoms in total. The van der Waals surface area contributed by atoms with E-state index in [1.165, 1.54) is 0 Å². The summed E-state index contributed by atoms with van der Waals surface area (Å²) in [4.78, 5) is 0. The zero-order valence-corrected chi connectivity index (χ0v) is 8.94. The van der Waals surface area contributed by atoms with Gasteiger partial charge in [0, 0.05) is 0 Å². The first-order valence-corrected chi connectivity index (χ1v) is 5.12. The summed E-state index contributed by atoms with van der Waals surface area (Å²) in [6.45, 7) is -3.32. The molecule has 0 fully saturated rings. The third-order valence-electron chi connectivity index (χ3n) is 1.49. The third-order valence-corrected chi connectivity index (χ3v) is 2.34. The molecule has 0 bridgehead atoms. The van der Waals surface area contributed by atoms with Gasteiger partial charge in [-0.2, -0.15) is 47.9 Å². The highest BCUT2D eigenvalue weighted by molar-refractivity contribution is 7.87. The smallest absolute Gasteiger partial charge is 0.308 e. The van der Waals surface area contributed by atoms with Crippen LogP contribution in [0.25, 0.3) is 0 Å². The van der Waals surface area contributed by atoms with Gasteiger partial charge in [-0.25, -0.2) is 0 Å². The van der Waals surface area contributed by atoms with E-state index in [4.69, 9.17) is 0 Å². The van der Waals surface area contributed by atoms with Gasteiger partial charge in [0.1, 0.15) is 6.61 Å². The van der Waals surface area contributed by atoms with Crippen LogP contribution in [0.5, 0.6) is 0 Å². The molecule has 0 aliphatic heterocycles. The van der Waals surface area contributed by atoms with Crippen LogP contribution in [-0.2, 0) is 15.0 Å². The van der Waals surface area contributed by atoms with Gasteiger partial charge >= 0.3 is 33.7 Å². The molecule has 0 N–H and O–H groups in total. The zero-order valence-electron chi connectivity index (χ0n) is 8.12. The fourth-order valence-corrected chi connectivity index (χ4v) is 0.832. The van der Waals surface area contributed by atoms with E-state index in [2.05, 4.69) is 4.74 Å². The maximum Gasteiger partial charge on any atom is 0.464 e. The Morgan fingerprint density at radius 3 is 1.47 bits per heavy atom. The van der Waals surface area contributed by atoms with Crippen LogP contribution in [-0.4, -0.2) is 38.5 Å². The number of alkyl halides is 9. The lowest BCUT2D eigenvalue weighted by molar-refractivity contribution is -0.362. The molecule has 0 aromatic carbocycles. The summed E-state index contributed by atoms with van der Waals surface area (Å²) in [5.41, 5.74) is 0. The Morgan fingerprint density at radius 1 is 0.842 bits per heavy atom. The molecule has 116 valence electrons. The maximum absolute atomic E-state index is 12.3. The van der Waals surface area contributed by atoms with Crippen LogP contribution in [0.15, 0.2) is 0 Å². The fourth-order valence-electron chi connectivity index (χ4n) is 0.489. The molecule has 0 radical (unpaired) electrons. The summed E-state index contributed by atoms with van der Waals surface area (Å²) in [6.07, 6.45) is -12.8. The van der Waals surface area contributed by atoms with Crippen LogP contribution in [0.4, 0.5) is 43.4 Å². The summed E-state index contributed by atoms with van der Waals surface area (Å²) < 4.78 is 141. The summed E-state index contributed by atoms with van der Waals surface area (Å²) in [5.74, 6) is -5.97. The monoisotopic (exact) mass is 332 g/mol. The fraction of sp³-hybridized carbons (Fsp3) is 1.00. The van der Waals surface area contributed by atoms with Crippen LogP contribution in [0, 0.1) is 0 Å². The molecule has 0 aromatic rings. The Bertz CT molecular complexity index is 423. The molecule has 0 rings (SSSR count). The van der Waals surface area contributed by atoms with E-state index in [9.17, 15) is 51.8 Å². The topological polar surface area (TPSA) is 43.4 Å². The van der Waals surface area contributed by atoms with Gasteiger partial charge < -0.3 is 4.74 Å². The predicted octanol–water partition coefficient (Wildman–Crippen LogP) is 2.69. The lowest BCUT2D eigenvalue weighted by Gasteiger charge is -2.26. The normalized spacial score (nSPS) is 15.7. The van der Waals surface area contributed by atoms with Crippen LogP contribution in [0.3, 0.4) is 0 Å². The van der Waals surface area contributed by atoms with Crippen molar-refractivity contribution in [3.63, 3.8) is 0 Å². The van der Waals surface area contributed by atoms with Gasteiger partial charge in [-0.05, 0) is 0 Å². The third kappa shape index (κ3) is 3.61. The summed E-state index contributed by atoms with van der Waals surface area (Å²) >= 11 is 0. The van der Waals surface area contributed by atoms with E-state index in [1.54, 1.807) is 0 Å². The second kappa shape index (κ2) is 4.64. The van der Waals surface area contributed by atoms with Crippen molar-refractivity contribution in [3.8, 4) is 0 Å². The van der Waals surface area contributed by atoms with E-state index >= 15 is 0 Å². The number of hydrogen-bond donors (Lipinski definition) is 0. The largest absolute Gasteiger partial charge is 0.464 e. The minimum atomic E-state index is -7.30. The first-order valence-electron chi connectivity index (χ1n) is 3.74. The molecule has 0 atom stereocenters. The highest BCUT2D eigenvalue weighted by Crippen LogP contribution is 2.43. The first-order chi connectivity index (χ1) is 7.96. The molecule has 19 heavy (non-hydrogen) atoms. The lowest BCUT2D eigenvalue weighted by Crippen LogP contribution is -2.51. The number of ether oxygens (including phenoxy) is 1. The molecule has 0 aromatic heterocycles. The van der Waals surface area contributed by atoms with Crippen molar-refractivity contribution >= 4 is 10.2 Å². The summed E-state index contributed by atoms with van der Waals surface area (Å²) in [5, 5.41) is -6.62. The number of rotatable bonds is 5. The van der Waals surface area contributed by atoms with E-state index in [-0.39, 0.29) is 0 Å². The van der Waals surface area contributed by atoms with Crippen molar-refractivity contribution in [1.82, 2.24) is 0 Å². The second-order valence-electron chi connectivity index (χ2n) is 2.96. The van der Waals surface area contributed by atoms with Gasteiger partial charge in [0.2, 0.25) is 0 Å². The molecule has 14 heteroatoms. The highest BCUT2D eigenvalue weighted by Gasteiger charge is 2.70. The Hall–Kier alpha value is -0.790. The maximum atomic E-state index is 12.3. The Labute approximate surface area is 97.9 Å². The standard InChI is InChI=1S/C5H2F10O3S/c6-2(7,3(8,9)10)1-18-4(11,12)5(13,14)19(15,16)17/h1H2. The average Bonchev–Trinajstić information content (AvgIpc) is 2.11. The SMILES string of the molecule is O=S(=O)(F)C(F)(F)C(F)(F)OCC(F)(F)C(F)(F)F. The molecule has 0 spiro atoms. The van der Waals surface area contributed by atoms with Gasteiger partial charge in [-0.3, -0.25) is 0 Å². The minimum Gasteiger partial charge on any atom is -0.308 e. The molecule has 0 amide bonds. The number of hydrogen-bond acceptors (Lipinski definition) is 3. The molecular weight excluding hydrogens is 330 g/mol.